The van der Waals surface area contributed by atoms with E-state index < -0.39 is 6.61 Å². The van der Waals surface area contributed by atoms with Crippen molar-refractivity contribution in [1.29, 1.82) is 0 Å². The number of benzene rings is 2. The lowest BCUT2D eigenvalue weighted by molar-refractivity contribution is -0.129. The van der Waals surface area contributed by atoms with E-state index in [1.54, 1.807) is 29.8 Å². The van der Waals surface area contributed by atoms with Crippen LogP contribution in [0.2, 0.25) is 0 Å². The van der Waals surface area contributed by atoms with Crippen molar-refractivity contribution in [3.8, 4) is 16.9 Å². The Hall–Kier alpha value is -4.21. The number of carbonyl (C=O) groups excluding carboxylic acids is 1. The summed E-state index contributed by atoms with van der Waals surface area (Å²) >= 11 is 0. The van der Waals surface area contributed by atoms with Gasteiger partial charge in [-0.2, -0.15) is 8.78 Å². The van der Waals surface area contributed by atoms with Crippen molar-refractivity contribution in [1.82, 2.24) is 19.2 Å². The second-order valence-electron chi connectivity index (χ2n) is 9.62. The minimum atomic E-state index is -2.93. The highest BCUT2D eigenvalue weighted by molar-refractivity contribution is 5.85. The molecular formula is C28H27F2N5O3. The number of nitrogens with zero attached hydrogens (tertiary/aromatic N) is 5. The van der Waals surface area contributed by atoms with Crippen molar-refractivity contribution in [2.45, 2.75) is 32.5 Å². The molecule has 10 heteroatoms. The van der Waals surface area contributed by atoms with E-state index in [0.717, 1.165) is 35.6 Å². The highest BCUT2D eigenvalue weighted by Gasteiger charge is 2.30. The van der Waals surface area contributed by atoms with Gasteiger partial charge in [0.25, 0.3) is 5.56 Å². The van der Waals surface area contributed by atoms with Crippen LogP contribution in [0.1, 0.15) is 24.9 Å². The number of aromatic nitrogens is 3. The number of para-hydroxylation sites is 1. The van der Waals surface area contributed by atoms with Crippen molar-refractivity contribution < 1.29 is 18.3 Å². The molecule has 0 aliphatic carbocycles. The normalized spacial score (nSPS) is 17.3. The summed E-state index contributed by atoms with van der Waals surface area (Å²) in [4.78, 5) is 33.4. The lowest BCUT2D eigenvalue weighted by atomic mass is 10.0. The third-order valence-corrected chi connectivity index (χ3v) is 7.50. The Labute approximate surface area is 217 Å². The van der Waals surface area contributed by atoms with Crippen LogP contribution in [-0.2, 0) is 11.3 Å². The van der Waals surface area contributed by atoms with E-state index in [1.165, 1.54) is 6.07 Å². The van der Waals surface area contributed by atoms with Crippen LogP contribution >= 0.6 is 0 Å². The predicted molar refractivity (Wildman–Crippen MR) is 140 cm³/mol. The number of piperazine rings is 1. The minimum absolute atomic E-state index is 0.0897. The van der Waals surface area contributed by atoms with Gasteiger partial charge in [0.15, 0.2) is 0 Å². The van der Waals surface area contributed by atoms with Crippen LogP contribution in [0.4, 0.5) is 14.6 Å². The maximum atomic E-state index is 13.1. The van der Waals surface area contributed by atoms with E-state index in [-0.39, 0.29) is 23.3 Å². The maximum Gasteiger partial charge on any atom is 0.387 e. The van der Waals surface area contributed by atoms with Gasteiger partial charge < -0.3 is 14.5 Å². The van der Waals surface area contributed by atoms with Crippen molar-refractivity contribution in [2.24, 2.45) is 0 Å². The number of carbonyl (C=O) groups is 1. The molecule has 1 amide bonds. The predicted octanol–water partition coefficient (Wildman–Crippen LogP) is 4.13. The van der Waals surface area contributed by atoms with E-state index in [9.17, 15) is 18.4 Å². The zero-order valence-electron chi connectivity index (χ0n) is 20.9. The number of fused-ring (bicyclic) bond motifs is 3. The molecule has 4 aromatic rings. The molecule has 0 spiro atoms. The molecule has 2 aliphatic heterocycles. The summed E-state index contributed by atoms with van der Waals surface area (Å²) in [5.74, 6) is 1.07. The molecule has 0 radical (unpaired) electrons. The van der Waals surface area contributed by atoms with E-state index in [0.29, 0.717) is 37.0 Å². The van der Waals surface area contributed by atoms with Crippen LogP contribution in [0.25, 0.3) is 22.0 Å². The summed E-state index contributed by atoms with van der Waals surface area (Å²) in [7, 11) is 0. The van der Waals surface area contributed by atoms with Gasteiger partial charge in [0, 0.05) is 57.0 Å². The first kappa shape index (κ1) is 24.1. The van der Waals surface area contributed by atoms with Crippen LogP contribution in [-0.4, -0.2) is 57.9 Å². The highest BCUT2D eigenvalue weighted by Crippen LogP contribution is 2.37. The molecule has 1 saturated heterocycles. The van der Waals surface area contributed by atoms with Crippen molar-refractivity contribution in [3.63, 3.8) is 0 Å². The van der Waals surface area contributed by atoms with Crippen molar-refractivity contribution in [2.75, 3.05) is 31.1 Å². The molecule has 0 N–H and O–H groups in total. The smallest absolute Gasteiger partial charge is 0.387 e. The van der Waals surface area contributed by atoms with Crippen molar-refractivity contribution >= 4 is 22.6 Å². The fourth-order valence-electron chi connectivity index (χ4n) is 5.60. The van der Waals surface area contributed by atoms with Crippen LogP contribution < -0.4 is 15.2 Å². The van der Waals surface area contributed by atoms with E-state index >= 15 is 0 Å². The molecule has 2 aromatic heterocycles. The van der Waals surface area contributed by atoms with Gasteiger partial charge in [-0.3, -0.25) is 14.3 Å². The van der Waals surface area contributed by atoms with E-state index in [1.807, 2.05) is 46.1 Å². The average Bonchev–Trinajstić information content (AvgIpc) is 3.48. The Morgan fingerprint density at radius 3 is 2.47 bits per heavy atom. The Morgan fingerprint density at radius 2 is 1.76 bits per heavy atom. The number of ether oxygens (including phenoxy) is 1. The monoisotopic (exact) mass is 519 g/mol. The summed E-state index contributed by atoms with van der Waals surface area (Å²) in [6.45, 7) is 1.97. The molecule has 0 saturated carbocycles. The number of hydrogen-bond acceptors (Lipinski definition) is 5. The summed E-state index contributed by atoms with van der Waals surface area (Å²) in [6.07, 6.45) is 2.42. The minimum Gasteiger partial charge on any atom is -0.434 e. The molecule has 1 fully saturated rings. The molecule has 2 aromatic carbocycles. The zero-order chi connectivity index (χ0) is 26.4. The summed E-state index contributed by atoms with van der Waals surface area (Å²) in [5.41, 5.74) is 3.08. The standard InChI is InChI=1S/C28H27F2N5O3/c1-18(36)32-12-14-33(15-13-32)26-9-7-20(17-31-26)19-6-8-22-24(16-19)35-23(10-11-34(35)27(22)37)21-4-2-3-5-25(21)38-28(29)30/h2-9,16-17,23,28H,10-15H2,1H3. The largest absolute Gasteiger partial charge is 0.434 e. The topological polar surface area (TPSA) is 72.6 Å². The second kappa shape index (κ2) is 9.59. The lowest BCUT2D eigenvalue weighted by Gasteiger charge is -2.34. The fourth-order valence-corrected chi connectivity index (χ4v) is 5.60. The third-order valence-electron chi connectivity index (χ3n) is 7.50. The van der Waals surface area contributed by atoms with Crippen LogP contribution in [0.3, 0.4) is 0 Å². The van der Waals surface area contributed by atoms with Crippen LogP contribution in [0, 0.1) is 0 Å². The number of alkyl halides is 2. The van der Waals surface area contributed by atoms with Gasteiger partial charge in [-0.1, -0.05) is 24.3 Å². The van der Waals surface area contributed by atoms with Gasteiger partial charge in [0.05, 0.1) is 16.9 Å². The quantitative estimate of drug-likeness (QED) is 0.397. The fraction of sp³-hybridized carbons (Fsp3) is 0.321. The van der Waals surface area contributed by atoms with Gasteiger partial charge in [0.2, 0.25) is 5.91 Å². The van der Waals surface area contributed by atoms with Crippen LogP contribution in [0.5, 0.6) is 5.75 Å². The first-order valence-corrected chi connectivity index (χ1v) is 12.7. The third kappa shape index (κ3) is 4.19. The van der Waals surface area contributed by atoms with Crippen molar-refractivity contribution in [3.05, 3.63) is 76.7 Å². The highest BCUT2D eigenvalue weighted by atomic mass is 19.3. The first-order valence-electron chi connectivity index (χ1n) is 12.7. The Morgan fingerprint density at radius 1 is 1.00 bits per heavy atom. The molecule has 0 bridgehead atoms. The Bertz CT molecular complexity index is 1560. The van der Waals surface area contributed by atoms with Gasteiger partial charge in [0.1, 0.15) is 11.6 Å². The zero-order valence-corrected chi connectivity index (χ0v) is 20.9. The Kier molecular flexibility index (Phi) is 6.09. The Balaban J connectivity index is 1.32. The average molecular weight is 520 g/mol. The lowest BCUT2D eigenvalue weighted by Crippen LogP contribution is -2.48. The number of anilines is 1. The number of amides is 1. The molecule has 196 valence electrons. The summed E-state index contributed by atoms with van der Waals surface area (Å²) < 4.78 is 34.5. The molecule has 38 heavy (non-hydrogen) atoms. The summed E-state index contributed by atoms with van der Waals surface area (Å²) in [5, 5.41) is 0.582. The van der Waals surface area contributed by atoms with E-state index in [2.05, 4.69) is 9.88 Å². The number of rotatable bonds is 5. The summed E-state index contributed by atoms with van der Waals surface area (Å²) in [6, 6.07) is 16.1. The van der Waals surface area contributed by atoms with Crippen LogP contribution in [0.15, 0.2) is 65.6 Å². The first-order chi connectivity index (χ1) is 18.4. The number of halogens is 2. The number of pyridine rings is 1. The molecule has 6 rings (SSSR count). The molecule has 1 atom stereocenters. The van der Waals surface area contributed by atoms with Gasteiger partial charge in [-0.15, -0.1) is 0 Å². The van der Waals surface area contributed by atoms with E-state index in [4.69, 9.17) is 4.74 Å². The maximum absolute atomic E-state index is 13.1. The molecule has 4 heterocycles. The van der Waals surface area contributed by atoms with Gasteiger partial charge >= 0.3 is 6.61 Å². The second-order valence-corrected chi connectivity index (χ2v) is 9.62. The molecule has 8 nitrogen and oxygen atoms in total. The molecule has 2 aliphatic rings. The molecular weight excluding hydrogens is 492 g/mol. The number of hydrogen-bond donors (Lipinski definition) is 0. The molecule has 1 unspecified atom stereocenters. The van der Waals surface area contributed by atoms with Gasteiger partial charge in [-0.05, 0) is 42.3 Å². The SMILES string of the molecule is CC(=O)N1CCN(c2ccc(-c3ccc4c(=O)n5n(c4c3)C(c3ccccc3OC(F)F)CC5)cn2)CC1. The van der Waals surface area contributed by atoms with Gasteiger partial charge in [-0.25, -0.2) is 9.67 Å².